The van der Waals surface area contributed by atoms with Crippen LogP contribution in [0.4, 0.5) is 13.2 Å². The van der Waals surface area contributed by atoms with Gasteiger partial charge in [-0.1, -0.05) is 0 Å². The number of aromatic nitrogens is 2. The molecule has 0 unspecified atom stereocenters. The van der Waals surface area contributed by atoms with Crippen LogP contribution in [-0.2, 0) is 6.54 Å². The van der Waals surface area contributed by atoms with Gasteiger partial charge < -0.3 is 4.57 Å². The van der Waals surface area contributed by atoms with Crippen LogP contribution < -0.4 is 0 Å². The topological polar surface area (TPSA) is 34.9 Å². The number of carbonyl (C=O) groups excluding carboxylic acids is 1. The van der Waals surface area contributed by atoms with Crippen molar-refractivity contribution in [2.45, 2.75) is 32.0 Å². The van der Waals surface area contributed by atoms with Crippen molar-refractivity contribution in [2.75, 3.05) is 0 Å². The zero-order valence-electron chi connectivity index (χ0n) is 8.00. The number of hydrogen-bond acceptors (Lipinski definition) is 2. The number of nitrogens with zero attached hydrogens (tertiary/aromatic N) is 2. The molecular weight excluding hydrogens is 209 g/mol. The summed E-state index contributed by atoms with van der Waals surface area (Å²) in [6.07, 6.45) is -0.956. The summed E-state index contributed by atoms with van der Waals surface area (Å²) in [6.45, 7) is 0.393. The summed E-state index contributed by atoms with van der Waals surface area (Å²) in [4.78, 5) is 14.2. The van der Waals surface area contributed by atoms with Gasteiger partial charge in [0.2, 0.25) is 0 Å². The summed E-state index contributed by atoms with van der Waals surface area (Å²) < 4.78 is 36.9. The molecular formula is C9H11F3N2O. The lowest BCUT2D eigenvalue weighted by atomic mass is 10.2. The van der Waals surface area contributed by atoms with E-state index in [2.05, 4.69) is 4.98 Å². The monoisotopic (exact) mass is 220 g/mol. The number of aldehydes is 1. The third-order valence-electron chi connectivity index (χ3n) is 1.97. The highest BCUT2D eigenvalue weighted by molar-refractivity contribution is 5.71. The average molecular weight is 220 g/mol. The first kappa shape index (κ1) is 11.7. The number of halogens is 3. The van der Waals surface area contributed by atoms with E-state index in [0.29, 0.717) is 24.9 Å². The molecule has 0 aliphatic heterocycles. The molecule has 0 aliphatic rings. The van der Waals surface area contributed by atoms with Gasteiger partial charge in [0.15, 0.2) is 6.29 Å². The van der Waals surface area contributed by atoms with Crippen molar-refractivity contribution >= 4 is 6.29 Å². The second-order valence-corrected chi connectivity index (χ2v) is 3.20. The molecule has 1 aromatic heterocycles. The lowest BCUT2D eigenvalue weighted by molar-refractivity contribution is -0.135. The molecule has 1 rings (SSSR count). The Hall–Kier alpha value is -1.33. The first-order valence-corrected chi connectivity index (χ1v) is 4.55. The second-order valence-electron chi connectivity index (χ2n) is 3.20. The molecule has 0 atom stereocenters. The number of alkyl halides is 3. The molecule has 15 heavy (non-hydrogen) atoms. The van der Waals surface area contributed by atoms with Gasteiger partial charge in [0.1, 0.15) is 5.69 Å². The van der Waals surface area contributed by atoms with Crippen LogP contribution in [0.1, 0.15) is 29.8 Å². The fraction of sp³-hybridized carbons (Fsp3) is 0.556. The van der Waals surface area contributed by atoms with Crippen molar-refractivity contribution in [1.82, 2.24) is 9.55 Å². The normalized spacial score (nSPS) is 11.7. The van der Waals surface area contributed by atoms with Crippen molar-refractivity contribution in [1.29, 1.82) is 0 Å². The molecule has 3 nitrogen and oxygen atoms in total. The number of carbonyl (C=O) groups is 1. The Morgan fingerprint density at radius 1 is 1.40 bits per heavy atom. The van der Waals surface area contributed by atoms with Crippen molar-refractivity contribution in [2.24, 2.45) is 0 Å². The van der Waals surface area contributed by atoms with Crippen LogP contribution in [0, 0.1) is 0 Å². The molecule has 0 spiro atoms. The zero-order chi connectivity index (χ0) is 11.3. The van der Waals surface area contributed by atoms with E-state index in [0.717, 1.165) is 0 Å². The largest absolute Gasteiger partial charge is 0.389 e. The molecule has 0 N–H and O–H groups in total. The van der Waals surface area contributed by atoms with E-state index in [1.54, 1.807) is 4.57 Å². The highest BCUT2D eigenvalue weighted by Gasteiger charge is 2.25. The fourth-order valence-electron chi connectivity index (χ4n) is 1.22. The molecule has 0 saturated heterocycles. The van der Waals surface area contributed by atoms with Gasteiger partial charge in [0.25, 0.3) is 0 Å². The van der Waals surface area contributed by atoms with Crippen molar-refractivity contribution in [3.8, 4) is 0 Å². The van der Waals surface area contributed by atoms with Crippen LogP contribution in [0.25, 0.3) is 0 Å². The lowest BCUT2D eigenvalue weighted by Gasteiger charge is -2.06. The highest BCUT2D eigenvalue weighted by atomic mass is 19.4. The number of hydrogen-bond donors (Lipinski definition) is 0. The smallest absolute Gasteiger partial charge is 0.328 e. The Balaban J connectivity index is 2.29. The summed E-state index contributed by atoms with van der Waals surface area (Å²) in [5.41, 5.74) is 0.391. The third-order valence-corrected chi connectivity index (χ3v) is 1.97. The van der Waals surface area contributed by atoms with Crippen LogP contribution in [0.5, 0.6) is 0 Å². The van der Waals surface area contributed by atoms with Crippen molar-refractivity contribution in [3.63, 3.8) is 0 Å². The maximum atomic E-state index is 11.8. The van der Waals surface area contributed by atoms with Gasteiger partial charge >= 0.3 is 6.18 Å². The van der Waals surface area contributed by atoms with Crippen LogP contribution >= 0.6 is 0 Å². The average Bonchev–Trinajstić information content (AvgIpc) is 2.58. The molecule has 0 aliphatic carbocycles. The SMILES string of the molecule is O=Cc1cncn1CCCCC(F)(F)F. The minimum atomic E-state index is -4.09. The Labute approximate surface area is 84.9 Å². The molecule has 0 saturated carbocycles. The maximum absolute atomic E-state index is 11.8. The minimum absolute atomic E-state index is 0.0694. The Kier molecular flexibility index (Phi) is 3.88. The first-order valence-electron chi connectivity index (χ1n) is 4.55. The minimum Gasteiger partial charge on any atom is -0.328 e. The maximum Gasteiger partial charge on any atom is 0.389 e. The van der Waals surface area contributed by atoms with Gasteiger partial charge in [0, 0.05) is 13.0 Å². The predicted molar refractivity (Wildman–Crippen MR) is 47.5 cm³/mol. The predicted octanol–water partition coefficient (Wildman–Crippen LogP) is 2.43. The summed E-state index contributed by atoms with van der Waals surface area (Å²) in [6, 6.07) is 0. The Morgan fingerprint density at radius 3 is 2.73 bits per heavy atom. The van der Waals surface area contributed by atoms with Gasteiger partial charge in [-0.25, -0.2) is 4.98 Å². The quantitative estimate of drug-likeness (QED) is 0.564. The number of rotatable bonds is 5. The second kappa shape index (κ2) is 4.95. The molecule has 84 valence electrons. The number of imidazole rings is 1. The zero-order valence-corrected chi connectivity index (χ0v) is 8.00. The summed E-state index contributed by atoms with van der Waals surface area (Å²) >= 11 is 0. The molecule has 0 amide bonds. The Morgan fingerprint density at radius 2 is 2.13 bits per heavy atom. The Bertz CT molecular complexity index is 319. The van der Waals surface area contributed by atoms with E-state index in [-0.39, 0.29) is 6.42 Å². The summed E-state index contributed by atoms with van der Waals surface area (Å²) in [5.74, 6) is 0. The van der Waals surface area contributed by atoms with Crippen LogP contribution in [-0.4, -0.2) is 22.0 Å². The van der Waals surface area contributed by atoms with Crippen molar-refractivity contribution < 1.29 is 18.0 Å². The van der Waals surface area contributed by atoms with E-state index < -0.39 is 12.6 Å². The fourth-order valence-corrected chi connectivity index (χ4v) is 1.22. The van der Waals surface area contributed by atoms with Gasteiger partial charge in [-0.2, -0.15) is 13.2 Å². The molecule has 0 aromatic carbocycles. The lowest BCUT2D eigenvalue weighted by Crippen LogP contribution is -2.08. The number of aryl methyl sites for hydroxylation is 1. The van der Waals surface area contributed by atoms with Gasteiger partial charge in [0.05, 0.1) is 12.5 Å². The molecule has 6 heteroatoms. The van der Waals surface area contributed by atoms with Gasteiger partial charge in [-0.3, -0.25) is 4.79 Å². The van der Waals surface area contributed by atoms with Gasteiger partial charge in [-0.05, 0) is 12.8 Å². The standard InChI is InChI=1S/C9H11F3N2O/c10-9(11,12)3-1-2-4-14-7-13-5-8(14)6-15/h5-7H,1-4H2. The highest BCUT2D eigenvalue weighted by Crippen LogP contribution is 2.22. The third kappa shape index (κ3) is 4.14. The summed E-state index contributed by atoms with van der Waals surface area (Å²) in [7, 11) is 0. The number of unbranched alkanes of at least 4 members (excludes halogenated alkanes) is 1. The van der Waals surface area contributed by atoms with Crippen LogP contribution in [0.3, 0.4) is 0 Å². The molecule has 0 bridgehead atoms. The van der Waals surface area contributed by atoms with E-state index in [1.807, 2.05) is 0 Å². The van der Waals surface area contributed by atoms with Crippen molar-refractivity contribution in [3.05, 3.63) is 18.2 Å². The van der Waals surface area contributed by atoms with E-state index in [1.165, 1.54) is 12.5 Å². The molecule has 0 fully saturated rings. The molecule has 1 heterocycles. The van der Waals surface area contributed by atoms with E-state index in [4.69, 9.17) is 0 Å². The first-order chi connectivity index (χ1) is 7.03. The van der Waals surface area contributed by atoms with Crippen LogP contribution in [0.2, 0.25) is 0 Å². The van der Waals surface area contributed by atoms with E-state index in [9.17, 15) is 18.0 Å². The van der Waals surface area contributed by atoms with E-state index >= 15 is 0 Å². The van der Waals surface area contributed by atoms with Crippen LogP contribution in [0.15, 0.2) is 12.5 Å². The summed E-state index contributed by atoms with van der Waals surface area (Å²) in [5, 5.41) is 0. The van der Waals surface area contributed by atoms with Gasteiger partial charge in [-0.15, -0.1) is 0 Å². The molecule has 1 aromatic rings. The molecule has 0 radical (unpaired) electrons.